The van der Waals surface area contributed by atoms with Crippen LogP contribution in [0.15, 0.2) is 18.2 Å². The first kappa shape index (κ1) is 16.4. The first-order valence-corrected chi connectivity index (χ1v) is 8.78. The predicted molar refractivity (Wildman–Crippen MR) is 93.0 cm³/mol. The molecular formula is C16H15Cl2N5O2. The Labute approximate surface area is 153 Å². The molecule has 1 atom stereocenters. The third kappa shape index (κ3) is 3.09. The summed E-state index contributed by atoms with van der Waals surface area (Å²) >= 11 is 11.9. The van der Waals surface area contributed by atoms with E-state index in [1.165, 1.54) is 0 Å². The van der Waals surface area contributed by atoms with Crippen LogP contribution in [0.5, 0.6) is 0 Å². The molecule has 130 valence electrons. The molecule has 2 fully saturated rings. The third-order valence-corrected chi connectivity index (χ3v) is 5.22. The predicted octanol–water partition coefficient (Wildman–Crippen LogP) is 2.52. The second-order valence-corrected chi connectivity index (χ2v) is 7.05. The largest absolute Gasteiger partial charge is 0.339 e. The van der Waals surface area contributed by atoms with Crippen molar-refractivity contribution < 1.29 is 9.59 Å². The Kier molecular flexibility index (Phi) is 4.13. The van der Waals surface area contributed by atoms with E-state index in [0.717, 1.165) is 12.8 Å². The van der Waals surface area contributed by atoms with Gasteiger partial charge in [0, 0.05) is 18.2 Å². The van der Waals surface area contributed by atoms with Crippen molar-refractivity contribution in [1.29, 1.82) is 0 Å². The van der Waals surface area contributed by atoms with Gasteiger partial charge in [-0.3, -0.25) is 9.59 Å². The van der Waals surface area contributed by atoms with Crippen LogP contribution in [0.2, 0.25) is 10.0 Å². The van der Waals surface area contributed by atoms with Crippen LogP contribution in [0.25, 0.3) is 0 Å². The lowest BCUT2D eigenvalue weighted by Crippen LogP contribution is -2.42. The fourth-order valence-electron chi connectivity index (χ4n) is 3.00. The minimum absolute atomic E-state index is 0.178. The molecule has 0 spiro atoms. The van der Waals surface area contributed by atoms with Gasteiger partial charge < -0.3 is 10.2 Å². The Balaban J connectivity index is 1.47. The molecule has 1 aromatic heterocycles. The summed E-state index contributed by atoms with van der Waals surface area (Å²) in [4.78, 5) is 26.7. The average Bonchev–Trinajstić information content (AvgIpc) is 3.21. The zero-order valence-electron chi connectivity index (χ0n) is 13.1. The molecule has 2 heterocycles. The lowest BCUT2D eigenvalue weighted by molar-refractivity contribution is -0.118. The number of nitrogens with zero attached hydrogens (tertiary/aromatic N) is 3. The summed E-state index contributed by atoms with van der Waals surface area (Å²) in [6, 6.07) is 4.44. The monoisotopic (exact) mass is 379 g/mol. The highest BCUT2D eigenvalue weighted by molar-refractivity contribution is 6.42. The van der Waals surface area contributed by atoms with Crippen molar-refractivity contribution in [3.8, 4) is 0 Å². The summed E-state index contributed by atoms with van der Waals surface area (Å²) in [7, 11) is 0. The van der Waals surface area contributed by atoms with Gasteiger partial charge in [-0.2, -0.15) is 15.4 Å². The lowest BCUT2D eigenvalue weighted by Gasteiger charge is -2.17. The van der Waals surface area contributed by atoms with E-state index in [1.807, 2.05) is 0 Å². The van der Waals surface area contributed by atoms with Crippen molar-refractivity contribution in [2.75, 3.05) is 11.4 Å². The van der Waals surface area contributed by atoms with E-state index >= 15 is 0 Å². The summed E-state index contributed by atoms with van der Waals surface area (Å²) in [5.41, 5.74) is 1.63. The van der Waals surface area contributed by atoms with Gasteiger partial charge in [0.25, 0.3) is 5.91 Å². The van der Waals surface area contributed by atoms with E-state index in [4.69, 9.17) is 23.2 Å². The van der Waals surface area contributed by atoms with Gasteiger partial charge in [0.1, 0.15) is 6.04 Å². The number of aromatic amines is 1. The van der Waals surface area contributed by atoms with E-state index in [0.29, 0.717) is 40.3 Å². The van der Waals surface area contributed by atoms with Crippen molar-refractivity contribution >= 4 is 40.7 Å². The number of nitrogens with one attached hydrogen (secondary N) is 2. The van der Waals surface area contributed by atoms with Crippen molar-refractivity contribution in [2.24, 2.45) is 0 Å². The number of H-pyrrole nitrogens is 1. The molecule has 2 aliphatic rings. The highest BCUT2D eigenvalue weighted by Gasteiger charge is 2.36. The van der Waals surface area contributed by atoms with E-state index < -0.39 is 6.04 Å². The fourth-order valence-corrected chi connectivity index (χ4v) is 3.29. The minimum Gasteiger partial charge on any atom is -0.339 e. The topological polar surface area (TPSA) is 91.0 Å². The molecule has 4 rings (SSSR count). The Morgan fingerprint density at radius 2 is 2.00 bits per heavy atom. The molecule has 2 N–H and O–H groups in total. The Morgan fingerprint density at radius 1 is 1.20 bits per heavy atom. The van der Waals surface area contributed by atoms with Crippen LogP contribution < -0.4 is 10.2 Å². The maximum Gasteiger partial charge on any atom is 0.274 e. The molecule has 9 heteroatoms. The zero-order chi connectivity index (χ0) is 17.6. The molecule has 1 aliphatic carbocycles. The Morgan fingerprint density at radius 3 is 2.72 bits per heavy atom. The van der Waals surface area contributed by atoms with Crippen molar-refractivity contribution in [3.63, 3.8) is 0 Å². The Bertz CT molecular complexity index is 849. The fraction of sp³-hybridized carbons (Fsp3) is 0.375. The van der Waals surface area contributed by atoms with Gasteiger partial charge in [-0.1, -0.05) is 23.2 Å². The number of rotatable bonds is 4. The van der Waals surface area contributed by atoms with Crippen LogP contribution >= 0.6 is 23.2 Å². The van der Waals surface area contributed by atoms with Crippen molar-refractivity contribution in [3.05, 3.63) is 39.6 Å². The zero-order valence-corrected chi connectivity index (χ0v) is 14.6. The van der Waals surface area contributed by atoms with E-state index in [9.17, 15) is 9.59 Å². The highest BCUT2D eigenvalue weighted by atomic mass is 35.5. The van der Waals surface area contributed by atoms with Gasteiger partial charge >= 0.3 is 0 Å². The SMILES string of the molecule is O=C(NC1CCN(c2ccc(Cl)c(Cl)c2)C1=O)c1n[nH]nc1C1CC1. The number of halogens is 2. The van der Waals surface area contributed by atoms with Gasteiger partial charge in [-0.15, -0.1) is 0 Å². The maximum atomic E-state index is 12.6. The van der Waals surface area contributed by atoms with Crippen LogP contribution in [0.1, 0.15) is 41.4 Å². The van der Waals surface area contributed by atoms with Gasteiger partial charge in [0.05, 0.1) is 15.7 Å². The van der Waals surface area contributed by atoms with Gasteiger partial charge in [-0.25, -0.2) is 0 Å². The van der Waals surface area contributed by atoms with Crippen molar-refractivity contribution in [1.82, 2.24) is 20.7 Å². The van der Waals surface area contributed by atoms with Crippen LogP contribution in [0.4, 0.5) is 5.69 Å². The second kappa shape index (κ2) is 6.31. The lowest BCUT2D eigenvalue weighted by atomic mass is 10.2. The van der Waals surface area contributed by atoms with E-state index in [-0.39, 0.29) is 17.5 Å². The average molecular weight is 380 g/mol. The number of hydrogen-bond acceptors (Lipinski definition) is 4. The van der Waals surface area contributed by atoms with E-state index in [2.05, 4.69) is 20.7 Å². The highest BCUT2D eigenvalue weighted by Crippen LogP contribution is 2.40. The second-order valence-electron chi connectivity index (χ2n) is 6.23. The number of amides is 2. The van der Waals surface area contributed by atoms with E-state index in [1.54, 1.807) is 23.1 Å². The molecule has 2 aromatic rings. The number of carbonyl (C=O) groups excluding carboxylic acids is 2. The third-order valence-electron chi connectivity index (χ3n) is 4.48. The first-order valence-electron chi connectivity index (χ1n) is 8.02. The molecule has 25 heavy (non-hydrogen) atoms. The maximum absolute atomic E-state index is 12.6. The molecule has 1 saturated carbocycles. The van der Waals surface area contributed by atoms with Crippen LogP contribution in [0.3, 0.4) is 0 Å². The summed E-state index contributed by atoms with van der Waals surface area (Å²) in [5, 5.41) is 14.1. The molecule has 1 saturated heterocycles. The Hall–Kier alpha value is -2.12. The molecule has 0 bridgehead atoms. The number of anilines is 1. The van der Waals surface area contributed by atoms with Crippen LogP contribution in [-0.4, -0.2) is 39.8 Å². The summed E-state index contributed by atoms with van der Waals surface area (Å²) in [5.74, 6) is -0.250. The van der Waals surface area contributed by atoms with Crippen LogP contribution in [0, 0.1) is 0 Å². The molecule has 0 radical (unpaired) electrons. The molecule has 1 aromatic carbocycles. The number of hydrogen-bond donors (Lipinski definition) is 2. The number of carbonyl (C=O) groups is 2. The molecule has 1 aliphatic heterocycles. The summed E-state index contributed by atoms with van der Waals surface area (Å²) in [6.07, 6.45) is 2.54. The normalized spacial score (nSPS) is 20.2. The van der Waals surface area contributed by atoms with Gasteiger partial charge in [0.2, 0.25) is 5.91 Å². The number of benzene rings is 1. The first-order chi connectivity index (χ1) is 12.0. The van der Waals surface area contributed by atoms with Crippen molar-refractivity contribution in [2.45, 2.75) is 31.2 Å². The molecular weight excluding hydrogens is 365 g/mol. The minimum atomic E-state index is -0.592. The van der Waals surface area contributed by atoms with Crippen LogP contribution in [-0.2, 0) is 4.79 Å². The smallest absolute Gasteiger partial charge is 0.274 e. The molecule has 1 unspecified atom stereocenters. The van der Waals surface area contributed by atoms with Gasteiger partial charge in [0.15, 0.2) is 5.69 Å². The number of aromatic nitrogens is 3. The quantitative estimate of drug-likeness (QED) is 0.853. The standard InChI is InChI=1S/C16H15Cl2N5O2/c17-10-4-3-9(7-11(10)18)23-6-5-12(16(23)25)19-15(24)14-13(8-1-2-8)20-22-21-14/h3-4,7-8,12H,1-2,5-6H2,(H,19,24)(H,20,21,22). The molecule has 2 amide bonds. The molecule has 7 nitrogen and oxygen atoms in total. The summed E-state index contributed by atoms with van der Waals surface area (Å²) < 4.78 is 0. The summed E-state index contributed by atoms with van der Waals surface area (Å²) in [6.45, 7) is 0.496. The van der Waals surface area contributed by atoms with Gasteiger partial charge in [-0.05, 0) is 37.5 Å².